The lowest BCUT2D eigenvalue weighted by Gasteiger charge is -2.28. The van der Waals surface area contributed by atoms with Crippen molar-refractivity contribution in [2.75, 3.05) is 34.8 Å². The van der Waals surface area contributed by atoms with Gasteiger partial charge in [0.1, 0.15) is 0 Å². The molecule has 23 heavy (non-hydrogen) atoms. The van der Waals surface area contributed by atoms with Crippen LogP contribution in [-0.2, 0) is 14.6 Å². The van der Waals surface area contributed by atoms with E-state index in [1.807, 2.05) is 24.3 Å². The number of piperidine rings is 1. The van der Waals surface area contributed by atoms with Crippen molar-refractivity contribution < 1.29 is 13.2 Å². The van der Waals surface area contributed by atoms with Gasteiger partial charge in [0.15, 0.2) is 9.84 Å². The van der Waals surface area contributed by atoms with E-state index in [0.717, 1.165) is 18.8 Å². The second-order valence-electron chi connectivity index (χ2n) is 6.62. The minimum atomic E-state index is -2.92. The first-order chi connectivity index (χ1) is 11.0. The monoisotopic (exact) mass is 336 g/mol. The largest absolute Gasteiger partial charge is 0.372 e. The van der Waals surface area contributed by atoms with Crippen molar-refractivity contribution in [2.24, 2.45) is 5.92 Å². The highest BCUT2D eigenvalue weighted by atomic mass is 32.2. The number of nitrogens with one attached hydrogen (secondary N) is 1. The van der Waals surface area contributed by atoms with E-state index in [1.54, 1.807) is 0 Å². The lowest BCUT2D eigenvalue weighted by Crippen LogP contribution is -2.29. The molecular formula is C17H24N2O3S. The molecule has 6 heteroatoms. The summed E-state index contributed by atoms with van der Waals surface area (Å²) < 4.78 is 22.9. The molecule has 1 aromatic carbocycles. The molecule has 126 valence electrons. The summed E-state index contributed by atoms with van der Waals surface area (Å²) in [5, 5.41) is 2.87. The fourth-order valence-electron chi connectivity index (χ4n) is 3.41. The Balaban J connectivity index is 1.52. The Morgan fingerprint density at radius 2 is 1.83 bits per heavy atom. The third-order valence-corrected chi connectivity index (χ3v) is 6.51. The molecule has 0 radical (unpaired) electrons. The van der Waals surface area contributed by atoms with E-state index in [2.05, 4.69) is 10.2 Å². The van der Waals surface area contributed by atoms with E-state index in [1.165, 1.54) is 24.9 Å². The Morgan fingerprint density at radius 1 is 1.13 bits per heavy atom. The molecule has 0 unspecified atom stereocenters. The van der Waals surface area contributed by atoms with Gasteiger partial charge < -0.3 is 10.2 Å². The average Bonchev–Trinajstić information content (AvgIpc) is 2.87. The molecule has 5 nitrogen and oxygen atoms in total. The van der Waals surface area contributed by atoms with Gasteiger partial charge in [0.2, 0.25) is 5.91 Å². The summed E-state index contributed by atoms with van der Waals surface area (Å²) in [5.74, 6) is 0.231. The first-order valence-corrected chi connectivity index (χ1v) is 10.2. The van der Waals surface area contributed by atoms with Crippen LogP contribution in [0.2, 0.25) is 0 Å². The number of carbonyl (C=O) groups is 1. The van der Waals surface area contributed by atoms with Crippen molar-refractivity contribution in [3.8, 4) is 0 Å². The number of amides is 1. The summed E-state index contributed by atoms with van der Waals surface area (Å²) in [6, 6.07) is 7.93. The molecule has 0 bridgehead atoms. The van der Waals surface area contributed by atoms with Crippen LogP contribution in [0, 0.1) is 5.92 Å². The summed E-state index contributed by atoms with van der Waals surface area (Å²) >= 11 is 0. The Hall–Kier alpha value is -1.56. The molecule has 0 spiro atoms. The molecule has 0 saturated carbocycles. The first-order valence-electron chi connectivity index (χ1n) is 8.37. The molecule has 1 N–H and O–H groups in total. The van der Waals surface area contributed by atoms with Crippen LogP contribution in [-0.4, -0.2) is 38.9 Å². The number of hydrogen-bond acceptors (Lipinski definition) is 4. The lowest BCUT2D eigenvalue weighted by atomic mass is 10.0. The minimum Gasteiger partial charge on any atom is -0.372 e. The molecule has 1 aromatic rings. The molecule has 2 heterocycles. The van der Waals surface area contributed by atoms with Crippen LogP contribution in [0.3, 0.4) is 0 Å². The minimum absolute atomic E-state index is 0.0346. The van der Waals surface area contributed by atoms with Gasteiger partial charge in [0, 0.05) is 30.9 Å². The number of hydrogen-bond donors (Lipinski definition) is 1. The second kappa shape index (κ2) is 6.91. The third-order valence-electron chi connectivity index (χ3n) is 4.67. The molecule has 3 rings (SSSR count). The highest BCUT2D eigenvalue weighted by Crippen LogP contribution is 2.24. The molecule has 0 aliphatic carbocycles. The smallest absolute Gasteiger partial charge is 0.224 e. The molecule has 1 atom stereocenters. The van der Waals surface area contributed by atoms with Crippen molar-refractivity contribution in [3.63, 3.8) is 0 Å². The van der Waals surface area contributed by atoms with Crippen molar-refractivity contribution >= 4 is 27.1 Å². The van der Waals surface area contributed by atoms with Crippen LogP contribution in [0.1, 0.15) is 32.1 Å². The van der Waals surface area contributed by atoms with E-state index in [0.29, 0.717) is 6.42 Å². The summed E-state index contributed by atoms with van der Waals surface area (Å²) in [5.41, 5.74) is 1.97. The van der Waals surface area contributed by atoms with Crippen molar-refractivity contribution in [3.05, 3.63) is 24.3 Å². The summed E-state index contributed by atoms with van der Waals surface area (Å²) in [7, 11) is -2.92. The van der Waals surface area contributed by atoms with Crippen LogP contribution in [0.15, 0.2) is 24.3 Å². The molecule has 2 aliphatic heterocycles. The molecule has 0 aromatic heterocycles. The zero-order chi connectivity index (χ0) is 16.3. The van der Waals surface area contributed by atoms with E-state index in [-0.39, 0.29) is 29.8 Å². The van der Waals surface area contributed by atoms with Crippen LogP contribution in [0.4, 0.5) is 11.4 Å². The van der Waals surface area contributed by atoms with Crippen LogP contribution < -0.4 is 10.2 Å². The average molecular weight is 336 g/mol. The van der Waals surface area contributed by atoms with Crippen LogP contribution in [0.25, 0.3) is 0 Å². The fraction of sp³-hybridized carbons (Fsp3) is 0.588. The Morgan fingerprint density at radius 3 is 2.43 bits per heavy atom. The molecule has 2 saturated heterocycles. The maximum absolute atomic E-state index is 12.0. The number of carbonyl (C=O) groups excluding carboxylic acids is 1. The number of rotatable bonds is 4. The van der Waals surface area contributed by atoms with E-state index in [4.69, 9.17) is 0 Å². The van der Waals surface area contributed by atoms with Gasteiger partial charge >= 0.3 is 0 Å². The van der Waals surface area contributed by atoms with E-state index >= 15 is 0 Å². The predicted octanol–water partition coefficient (Wildman–Crippen LogP) is 2.44. The van der Waals surface area contributed by atoms with Gasteiger partial charge in [0.25, 0.3) is 0 Å². The quantitative estimate of drug-likeness (QED) is 0.917. The van der Waals surface area contributed by atoms with Gasteiger partial charge in [0.05, 0.1) is 11.5 Å². The number of anilines is 2. The van der Waals surface area contributed by atoms with E-state index in [9.17, 15) is 13.2 Å². The normalized spacial score (nSPS) is 23.7. The molecule has 2 aliphatic rings. The highest BCUT2D eigenvalue weighted by Gasteiger charge is 2.29. The standard InChI is InChI=1S/C17H24N2O3S/c20-17(12-14-8-11-23(21,22)13-14)18-15-4-6-16(7-5-15)19-9-2-1-3-10-19/h4-7,14H,1-3,8-13H2,(H,18,20)/t14-/m1/s1. The Labute approximate surface area is 138 Å². The summed E-state index contributed by atoms with van der Waals surface area (Å²) in [6.07, 6.45) is 4.67. The van der Waals surface area contributed by atoms with Gasteiger partial charge in [-0.15, -0.1) is 0 Å². The zero-order valence-electron chi connectivity index (χ0n) is 13.3. The topological polar surface area (TPSA) is 66.5 Å². The molecule has 2 fully saturated rings. The summed E-state index contributed by atoms with van der Waals surface area (Å²) in [4.78, 5) is 14.4. The molecule has 1 amide bonds. The predicted molar refractivity (Wildman–Crippen MR) is 92.5 cm³/mol. The number of nitrogens with zero attached hydrogens (tertiary/aromatic N) is 1. The Kier molecular flexibility index (Phi) is 4.90. The molecular weight excluding hydrogens is 312 g/mol. The summed E-state index contributed by atoms with van der Waals surface area (Å²) in [6.45, 7) is 2.20. The number of sulfone groups is 1. The van der Waals surface area contributed by atoms with Crippen molar-refractivity contribution in [1.82, 2.24) is 0 Å². The van der Waals surface area contributed by atoms with Gasteiger partial charge in [-0.3, -0.25) is 4.79 Å². The maximum atomic E-state index is 12.0. The van der Waals surface area contributed by atoms with Gasteiger partial charge in [-0.2, -0.15) is 0 Å². The van der Waals surface area contributed by atoms with Gasteiger partial charge in [-0.25, -0.2) is 8.42 Å². The maximum Gasteiger partial charge on any atom is 0.224 e. The lowest BCUT2D eigenvalue weighted by molar-refractivity contribution is -0.116. The second-order valence-corrected chi connectivity index (χ2v) is 8.84. The zero-order valence-corrected chi connectivity index (χ0v) is 14.1. The SMILES string of the molecule is O=C(C[C@H]1CCS(=O)(=O)C1)Nc1ccc(N2CCCCC2)cc1. The van der Waals surface area contributed by atoms with Crippen LogP contribution >= 0.6 is 0 Å². The fourth-order valence-corrected chi connectivity index (χ4v) is 5.28. The first kappa shape index (κ1) is 16.3. The van der Waals surface area contributed by atoms with Crippen LogP contribution in [0.5, 0.6) is 0 Å². The van der Waals surface area contributed by atoms with Gasteiger partial charge in [-0.05, 0) is 55.9 Å². The van der Waals surface area contributed by atoms with E-state index < -0.39 is 9.84 Å². The highest BCUT2D eigenvalue weighted by molar-refractivity contribution is 7.91. The number of benzene rings is 1. The third kappa shape index (κ3) is 4.47. The Bertz CT molecular complexity index is 649. The van der Waals surface area contributed by atoms with Crippen molar-refractivity contribution in [2.45, 2.75) is 32.1 Å². The van der Waals surface area contributed by atoms with Crippen molar-refractivity contribution in [1.29, 1.82) is 0 Å². The van der Waals surface area contributed by atoms with Gasteiger partial charge in [-0.1, -0.05) is 0 Å².